The number of nitrogens with zero attached hydrogens (tertiary/aromatic N) is 2. The minimum Gasteiger partial charge on any atom is -0.391 e. The standard InChI is InChI=1S/C12H19N3O2/c1-12(2,3)6-9(16)7-15-11(17)10-8-13-4-5-14-10/h4-5,8-9,16H,6-7H2,1-3H3,(H,15,17). The van der Waals surface area contributed by atoms with Crippen LogP contribution in [0, 0.1) is 5.41 Å². The molecule has 0 aliphatic heterocycles. The smallest absolute Gasteiger partial charge is 0.271 e. The molecule has 0 saturated carbocycles. The highest BCUT2D eigenvalue weighted by molar-refractivity contribution is 5.91. The van der Waals surface area contributed by atoms with Gasteiger partial charge < -0.3 is 10.4 Å². The van der Waals surface area contributed by atoms with Gasteiger partial charge in [0, 0.05) is 18.9 Å². The van der Waals surface area contributed by atoms with Gasteiger partial charge in [0.15, 0.2) is 0 Å². The second-order valence-electron chi connectivity index (χ2n) is 5.22. The average molecular weight is 237 g/mol. The summed E-state index contributed by atoms with van der Waals surface area (Å²) in [6, 6.07) is 0. The van der Waals surface area contributed by atoms with Gasteiger partial charge in [-0.15, -0.1) is 0 Å². The highest BCUT2D eigenvalue weighted by Crippen LogP contribution is 2.20. The Hall–Kier alpha value is -1.49. The first kappa shape index (κ1) is 13.6. The second kappa shape index (κ2) is 5.72. The number of carbonyl (C=O) groups excluding carboxylic acids is 1. The van der Waals surface area contributed by atoms with Crippen molar-refractivity contribution in [2.24, 2.45) is 5.41 Å². The normalized spacial score (nSPS) is 13.2. The van der Waals surface area contributed by atoms with Gasteiger partial charge in [0.25, 0.3) is 5.91 Å². The zero-order valence-electron chi connectivity index (χ0n) is 10.5. The number of carbonyl (C=O) groups is 1. The number of hydrogen-bond acceptors (Lipinski definition) is 4. The summed E-state index contributed by atoms with van der Waals surface area (Å²) in [7, 11) is 0. The molecule has 0 aromatic carbocycles. The number of aromatic nitrogens is 2. The Bertz CT molecular complexity index is 360. The minimum atomic E-state index is -0.546. The van der Waals surface area contributed by atoms with Crippen LogP contribution >= 0.6 is 0 Å². The van der Waals surface area contributed by atoms with Crippen LogP contribution < -0.4 is 5.32 Å². The number of rotatable bonds is 4. The maximum absolute atomic E-state index is 11.6. The summed E-state index contributed by atoms with van der Waals surface area (Å²) in [5, 5.41) is 12.4. The number of aliphatic hydroxyl groups is 1. The van der Waals surface area contributed by atoms with Crippen LogP contribution in [-0.4, -0.2) is 33.6 Å². The monoisotopic (exact) mass is 237 g/mol. The SMILES string of the molecule is CC(C)(C)CC(O)CNC(=O)c1cnccn1. The molecule has 1 aromatic rings. The van der Waals surface area contributed by atoms with Crippen molar-refractivity contribution in [3.05, 3.63) is 24.3 Å². The summed E-state index contributed by atoms with van der Waals surface area (Å²) >= 11 is 0. The maximum atomic E-state index is 11.6. The molecule has 17 heavy (non-hydrogen) atoms. The van der Waals surface area contributed by atoms with Crippen LogP contribution in [0.2, 0.25) is 0 Å². The zero-order valence-corrected chi connectivity index (χ0v) is 10.5. The predicted octanol–water partition coefficient (Wildman–Crippen LogP) is 1.00. The van der Waals surface area contributed by atoms with Crippen LogP contribution in [0.3, 0.4) is 0 Å². The van der Waals surface area contributed by atoms with Crippen molar-refractivity contribution in [3.8, 4) is 0 Å². The van der Waals surface area contributed by atoms with E-state index in [1.54, 1.807) is 0 Å². The van der Waals surface area contributed by atoms with Crippen LogP contribution in [0.25, 0.3) is 0 Å². The molecule has 1 atom stereocenters. The largest absolute Gasteiger partial charge is 0.391 e. The Balaban J connectivity index is 2.39. The lowest BCUT2D eigenvalue weighted by Crippen LogP contribution is -2.34. The van der Waals surface area contributed by atoms with Crippen molar-refractivity contribution in [2.75, 3.05) is 6.54 Å². The van der Waals surface area contributed by atoms with Crippen LogP contribution in [0.15, 0.2) is 18.6 Å². The fourth-order valence-electron chi connectivity index (χ4n) is 1.50. The Kier molecular flexibility index (Phi) is 4.57. The molecule has 0 fully saturated rings. The van der Waals surface area contributed by atoms with E-state index in [1.165, 1.54) is 18.6 Å². The molecule has 5 nitrogen and oxygen atoms in total. The lowest BCUT2D eigenvalue weighted by Gasteiger charge is -2.22. The Morgan fingerprint density at radius 2 is 2.18 bits per heavy atom. The molecule has 0 aliphatic rings. The quantitative estimate of drug-likeness (QED) is 0.819. The summed E-state index contributed by atoms with van der Waals surface area (Å²) in [5.74, 6) is -0.314. The van der Waals surface area contributed by atoms with Gasteiger partial charge in [-0.2, -0.15) is 0 Å². The number of nitrogens with one attached hydrogen (secondary N) is 1. The third kappa shape index (κ3) is 5.40. The fourth-order valence-corrected chi connectivity index (χ4v) is 1.50. The van der Waals surface area contributed by atoms with Gasteiger partial charge in [0.05, 0.1) is 12.3 Å². The molecule has 0 bridgehead atoms. The van der Waals surface area contributed by atoms with Crippen molar-refractivity contribution in [3.63, 3.8) is 0 Å². The first-order valence-electron chi connectivity index (χ1n) is 5.61. The Morgan fingerprint density at radius 3 is 2.71 bits per heavy atom. The van der Waals surface area contributed by atoms with Crippen molar-refractivity contribution in [1.82, 2.24) is 15.3 Å². The molecule has 0 aliphatic carbocycles. The molecule has 0 saturated heterocycles. The Morgan fingerprint density at radius 1 is 1.47 bits per heavy atom. The van der Waals surface area contributed by atoms with E-state index in [0.717, 1.165) is 0 Å². The van der Waals surface area contributed by atoms with Gasteiger partial charge in [-0.3, -0.25) is 9.78 Å². The second-order valence-corrected chi connectivity index (χ2v) is 5.22. The van der Waals surface area contributed by atoms with Crippen molar-refractivity contribution >= 4 is 5.91 Å². The van der Waals surface area contributed by atoms with Crippen LogP contribution in [0.5, 0.6) is 0 Å². The van der Waals surface area contributed by atoms with Crippen molar-refractivity contribution in [1.29, 1.82) is 0 Å². The van der Waals surface area contributed by atoms with E-state index in [-0.39, 0.29) is 23.6 Å². The van der Waals surface area contributed by atoms with Gasteiger partial charge in [0.1, 0.15) is 5.69 Å². The topological polar surface area (TPSA) is 75.1 Å². The highest BCUT2D eigenvalue weighted by Gasteiger charge is 2.17. The lowest BCUT2D eigenvalue weighted by molar-refractivity contribution is 0.0864. The number of aliphatic hydroxyl groups excluding tert-OH is 1. The van der Waals surface area contributed by atoms with E-state index in [1.807, 2.05) is 20.8 Å². The average Bonchev–Trinajstić information content (AvgIpc) is 2.25. The Labute approximate surface area is 101 Å². The van der Waals surface area contributed by atoms with E-state index in [9.17, 15) is 9.90 Å². The van der Waals surface area contributed by atoms with Crippen LogP contribution in [-0.2, 0) is 0 Å². The predicted molar refractivity (Wildman–Crippen MR) is 64.4 cm³/mol. The first-order chi connectivity index (χ1) is 7.88. The molecule has 1 aromatic heterocycles. The number of hydrogen-bond donors (Lipinski definition) is 2. The first-order valence-corrected chi connectivity index (χ1v) is 5.61. The summed E-state index contributed by atoms with van der Waals surface area (Å²) in [6.45, 7) is 6.36. The zero-order chi connectivity index (χ0) is 12.9. The maximum Gasteiger partial charge on any atom is 0.271 e. The molecular formula is C12H19N3O2. The molecule has 1 amide bonds. The minimum absolute atomic E-state index is 0.0384. The van der Waals surface area contributed by atoms with E-state index < -0.39 is 6.10 Å². The lowest BCUT2D eigenvalue weighted by atomic mass is 9.89. The molecule has 94 valence electrons. The van der Waals surface area contributed by atoms with Gasteiger partial charge in [0.2, 0.25) is 0 Å². The van der Waals surface area contributed by atoms with Crippen molar-refractivity contribution in [2.45, 2.75) is 33.3 Å². The molecular weight excluding hydrogens is 218 g/mol. The van der Waals surface area contributed by atoms with Gasteiger partial charge in [-0.05, 0) is 11.8 Å². The van der Waals surface area contributed by atoms with Gasteiger partial charge in [-0.25, -0.2) is 4.98 Å². The van der Waals surface area contributed by atoms with Crippen LogP contribution in [0.1, 0.15) is 37.7 Å². The van der Waals surface area contributed by atoms with Crippen molar-refractivity contribution < 1.29 is 9.90 Å². The summed E-state index contributed by atoms with van der Waals surface area (Å²) in [5.41, 5.74) is 0.298. The van der Waals surface area contributed by atoms with E-state index >= 15 is 0 Å². The molecule has 5 heteroatoms. The molecule has 2 N–H and O–H groups in total. The molecule has 1 unspecified atom stereocenters. The van der Waals surface area contributed by atoms with E-state index in [0.29, 0.717) is 6.42 Å². The van der Waals surface area contributed by atoms with Gasteiger partial charge >= 0.3 is 0 Å². The highest BCUT2D eigenvalue weighted by atomic mass is 16.3. The van der Waals surface area contributed by atoms with Gasteiger partial charge in [-0.1, -0.05) is 20.8 Å². The molecule has 0 spiro atoms. The molecule has 1 heterocycles. The third-order valence-electron chi connectivity index (χ3n) is 2.14. The summed E-state index contributed by atoms with van der Waals surface area (Å²) in [4.78, 5) is 19.3. The molecule has 0 radical (unpaired) electrons. The van der Waals surface area contributed by atoms with E-state index in [2.05, 4.69) is 15.3 Å². The third-order valence-corrected chi connectivity index (χ3v) is 2.14. The summed E-state index contributed by atoms with van der Waals surface area (Å²) < 4.78 is 0. The fraction of sp³-hybridized carbons (Fsp3) is 0.583. The van der Waals surface area contributed by atoms with Crippen LogP contribution in [0.4, 0.5) is 0 Å². The van der Waals surface area contributed by atoms with E-state index in [4.69, 9.17) is 0 Å². The summed E-state index contributed by atoms with van der Waals surface area (Å²) in [6.07, 6.45) is 4.45. The number of amides is 1. The molecule has 1 rings (SSSR count).